The molecule has 3 heteroatoms. The summed E-state index contributed by atoms with van der Waals surface area (Å²) in [5, 5.41) is 0. The van der Waals surface area contributed by atoms with E-state index in [9.17, 15) is 4.39 Å². The molecule has 1 saturated heterocycles. The van der Waals surface area contributed by atoms with Gasteiger partial charge in [-0.05, 0) is 51.3 Å². The van der Waals surface area contributed by atoms with Crippen LogP contribution in [-0.2, 0) is 0 Å². The Bertz CT molecular complexity index is 330. The van der Waals surface area contributed by atoms with Crippen molar-refractivity contribution in [2.24, 2.45) is 0 Å². The number of benzene rings is 1. The van der Waals surface area contributed by atoms with Gasteiger partial charge < -0.3 is 9.80 Å². The van der Waals surface area contributed by atoms with Gasteiger partial charge in [0.25, 0.3) is 0 Å². The van der Waals surface area contributed by atoms with Crippen LogP contribution in [0.1, 0.15) is 18.0 Å². The van der Waals surface area contributed by atoms with Crippen molar-refractivity contribution in [3.05, 3.63) is 35.6 Å². The highest BCUT2D eigenvalue weighted by Crippen LogP contribution is 2.22. The second-order valence-electron chi connectivity index (χ2n) is 4.69. The molecule has 0 aliphatic carbocycles. The minimum absolute atomic E-state index is 0.162. The Morgan fingerprint density at radius 2 is 1.88 bits per heavy atom. The smallest absolute Gasteiger partial charge is 0.123 e. The molecule has 2 nitrogen and oxygen atoms in total. The first-order chi connectivity index (χ1) is 7.66. The van der Waals surface area contributed by atoms with Gasteiger partial charge in [0, 0.05) is 12.6 Å². The molecule has 0 saturated carbocycles. The zero-order valence-corrected chi connectivity index (χ0v) is 9.99. The van der Waals surface area contributed by atoms with E-state index in [4.69, 9.17) is 0 Å². The van der Waals surface area contributed by atoms with Gasteiger partial charge in [-0.15, -0.1) is 0 Å². The van der Waals surface area contributed by atoms with E-state index in [0.717, 1.165) is 6.54 Å². The van der Waals surface area contributed by atoms with Crippen molar-refractivity contribution >= 4 is 0 Å². The summed E-state index contributed by atoms with van der Waals surface area (Å²) in [5.74, 6) is -0.162. The van der Waals surface area contributed by atoms with Gasteiger partial charge in [-0.2, -0.15) is 0 Å². The summed E-state index contributed by atoms with van der Waals surface area (Å²) < 4.78 is 12.9. The number of halogens is 1. The lowest BCUT2D eigenvalue weighted by Crippen LogP contribution is -2.42. The number of hydrogen-bond donors (Lipinski definition) is 0. The number of likely N-dealkylation sites (tertiary alicyclic amines) is 1. The predicted octanol–water partition coefficient (Wildman–Crippen LogP) is 2.13. The van der Waals surface area contributed by atoms with E-state index >= 15 is 0 Å². The monoisotopic (exact) mass is 222 g/mol. The maximum atomic E-state index is 12.9. The first-order valence-corrected chi connectivity index (χ1v) is 5.81. The third-order valence-electron chi connectivity index (χ3n) is 3.26. The predicted molar refractivity (Wildman–Crippen MR) is 63.9 cm³/mol. The van der Waals surface area contributed by atoms with Crippen molar-refractivity contribution < 1.29 is 4.39 Å². The molecular weight excluding hydrogens is 203 g/mol. The molecule has 1 aliphatic heterocycles. The van der Waals surface area contributed by atoms with Gasteiger partial charge in [-0.1, -0.05) is 12.1 Å². The van der Waals surface area contributed by atoms with Crippen molar-refractivity contribution in [1.29, 1.82) is 0 Å². The first kappa shape index (κ1) is 11.6. The fourth-order valence-electron chi connectivity index (χ4n) is 2.06. The summed E-state index contributed by atoms with van der Waals surface area (Å²) in [7, 11) is 4.15. The highest BCUT2D eigenvalue weighted by molar-refractivity contribution is 5.20. The zero-order valence-electron chi connectivity index (χ0n) is 9.99. The fraction of sp³-hybridized carbons (Fsp3) is 0.538. The van der Waals surface area contributed by atoms with Gasteiger partial charge >= 0.3 is 0 Å². The molecule has 1 atom stereocenters. The van der Waals surface area contributed by atoms with Crippen LogP contribution in [0.25, 0.3) is 0 Å². The van der Waals surface area contributed by atoms with Crippen LogP contribution in [0.2, 0.25) is 0 Å². The average molecular weight is 222 g/mol. The molecule has 1 aliphatic rings. The van der Waals surface area contributed by atoms with Crippen LogP contribution in [0.3, 0.4) is 0 Å². The highest BCUT2D eigenvalue weighted by atomic mass is 19.1. The van der Waals surface area contributed by atoms with E-state index in [2.05, 4.69) is 23.9 Å². The molecular formula is C13H19FN2. The van der Waals surface area contributed by atoms with E-state index in [-0.39, 0.29) is 5.82 Å². The Morgan fingerprint density at radius 1 is 1.25 bits per heavy atom. The van der Waals surface area contributed by atoms with Gasteiger partial charge in [0.05, 0.1) is 0 Å². The average Bonchev–Trinajstić information content (AvgIpc) is 2.18. The van der Waals surface area contributed by atoms with Crippen molar-refractivity contribution in [3.63, 3.8) is 0 Å². The normalized spacial score (nSPS) is 18.5. The lowest BCUT2D eigenvalue weighted by atomic mass is 10.0. The molecule has 0 spiro atoms. The Hall–Kier alpha value is -0.930. The maximum Gasteiger partial charge on any atom is 0.123 e. The Kier molecular flexibility index (Phi) is 3.56. The summed E-state index contributed by atoms with van der Waals surface area (Å²) in [6.45, 7) is 3.44. The quantitative estimate of drug-likeness (QED) is 0.770. The summed E-state index contributed by atoms with van der Waals surface area (Å²) >= 11 is 0. The number of rotatable bonds is 4. The molecule has 1 unspecified atom stereocenters. The second-order valence-corrected chi connectivity index (χ2v) is 4.69. The van der Waals surface area contributed by atoms with Crippen molar-refractivity contribution in [1.82, 2.24) is 9.80 Å². The van der Waals surface area contributed by atoms with Gasteiger partial charge in [0.15, 0.2) is 0 Å². The molecule has 0 N–H and O–H groups in total. The van der Waals surface area contributed by atoms with Crippen LogP contribution in [0, 0.1) is 5.82 Å². The molecule has 1 aromatic rings. The third-order valence-corrected chi connectivity index (χ3v) is 3.26. The van der Waals surface area contributed by atoms with E-state index in [1.165, 1.54) is 25.1 Å². The van der Waals surface area contributed by atoms with Crippen LogP contribution >= 0.6 is 0 Å². The van der Waals surface area contributed by atoms with E-state index in [0.29, 0.717) is 6.04 Å². The zero-order chi connectivity index (χ0) is 11.5. The third kappa shape index (κ3) is 2.60. The van der Waals surface area contributed by atoms with Gasteiger partial charge in [0.2, 0.25) is 0 Å². The molecule has 16 heavy (non-hydrogen) atoms. The van der Waals surface area contributed by atoms with Crippen LogP contribution < -0.4 is 0 Å². The lowest BCUT2D eigenvalue weighted by molar-refractivity contribution is 0.127. The van der Waals surface area contributed by atoms with Crippen LogP contribution in [-0.4, -0.2) is 43.5 Å². The molecule has 1 fully saturated rings. The lowest BCUT2D eigenvalue weighted by Gasteiger charge is -2.36. The van der Waals surface area contributed by atoms with Gasteiger partial charge in [0.1, 0.15) is 5.82 Å². The summed E-state index contributed by atoms with van der Waals surface area (Å²) in [6.07, 6.45) is 1.31. The first-order valence-electron chi connectivity index (χ1n) is 5.81. The largest absolute Gasteiger partial charge is 0.301 e. The van der Waals surface area contributed by atoms with Crippen LogP contribution in [0.4, 0.5) is 4.39 Å². The summed E-state index contributed by atoms with van der Waals surface area (Å²) in [4.78, 5) is 4.64. The maximum absolute atomic E-state index is 12.9. The number of likely N-dealkylation sites (N-methyl/N-ethyl adjacent to an activating group) is 1. The fourth-order valence-corrected chi connectivity index (χ4v) is 2.06. The molecule has 0 aromatic heterocycles. The summed E-state index contributed by atoms with van der Waals surface area (Å²) in [6, 6.07) is 7.23. The molecule has 0 bridgehead atoms. The van der Waals surface area contributed by atoms with Crippen molar-refractivity contribution in [2.45, 2.75) is 12.5 Å². The van der Waals surface area contributed by atoms with E-state index < -0.39 is 0 Å². The van der Waals surface area contributed by atoms with Crippen LogP contribution in [0.5, 0.6) is 0 Å². The SMILES string of the molecule is CN(C)C(CN1CCC1)c1ccc(F)cc1. The number of nitrogens with zero attached hydrogens (tertiary/aromatic N) is 2. The minimum atomic E-state index is -0.162. The second kappa shape index (κ2) is 4.93. The molecule has 88 valence electrons. The molecule has 1 heterocycles. The molecule has 0 radical (unpaired) electrons. The van der Waals surface area contributed by atoms with Crippen molar-refractivity contribution in [3.8, 4) is 0 Å². The standard InChI is InChI=1S/C13H19FN2/c1-15(2)13(10-16-8-3-9-16)11-4-6-12(14)7-5-11/h4-7,13H,3,8-10H2,1-2H3. The molecule has 1 aromatic carbocycles. The topological polar surface area (TPSA) is 6.48 Å². The van der Waals surface area contributed by atoms with E-state index in [1.54, 1.807) is 12.1 Å². The van der Waals surface area contributed by atoms with Crippen LogP contribution in [0.15, 0.2) is 24.3 Å². The Morgan fingerprint density at radius 3 is 2.31 bits per heavy atom. The molecule has 0 amide bonds. The van der Waals surface area contributed by atoms with Crippen molar-refractivity contribution in [2.75, 3.05) is 33.7 Å². The van der Waals surface area contributed by atoms with Gasteiger partial charge in [-0.3, -0.25) is 0 Å². The highest BCUT2D eigenvalue weighted by Gasteiger charge is 2.21. The Balaban J connectivity index is 2.08. The molecule has 2 rings (SSSR count). The summed E-state index contributed by atoms with van der Waals surface area (Å²) in [5.41, 5.74) is 1.19. The number of hydrogen-bond acceptors (Lipinski definition) is 2. The van der Waals surface area contributed by atoms with E-state index in [1.807, 2.05) is 12.1 Å². The van der Waals surface area contributed by atoms with Gasteiger partial charge in [-0.25, -0.2) is 4.39 Å². The minimum Gasteiger partial charge on any atom is -0.301 e. The Labute approximate surface area is 96.7 Å².